The van der Waals surface area contributed by atoms with Gasteiger partial charge in [0.25, 0.3) is 0 Å². The summed E-state index contributed by atoms with van der Waals surface area (Å²) in [5.74, 6) is 0.177. The first kappa shape index (κ1) is 12.6. The van der Waals surface area contributed by atoms with E-state index in [1.807, 2.05) is 30.3 Å². The fraction of sp³-hybridized carbons (Fsp3) is 0.0769. The number of thioether (sulfide) groups is 1. The lowest BCUT2D eigenvalue weighted by atomic mass is 10.2. The minimum absolute atomic E-state index is 0.122. The van der Waals surface area contributed by atoms with Crippen molar-refractivity contribution >= 4 is 28.6 Å². The molecule has 0 saturated carbocycles. The average Bonchev–Trinajstić information content (AvgIpc) is 2.98. The number of para-hydroxylation sites is 1. The maximum absolute atomic E-state index is 11.8. The highest BCUT2D eigenvalue weighted by Crippen LogP contribution is 2.25. The maximum Gasteiger partial charge on any atom is 0.249 e. The Kier molecular flexibility index (Phi) is 3.60. The monoisotopic (exact) mass is 285 g/mol. The van der Waals surface area contributed by atoms with E-state index in [0.717, 1.165) is 15.8 Å². The molecule has 1 aromatic carbocycles. The number of fused-ring (bicyclic) bond motifs is 1. The molecule has 0 aliphatic rings. The van der Waals surface area contributed by atoms with Crippen molar-refractivity contribution in [3.8, 4) is 0 Å². The van der Waals surface area contributed by atoms with Crippen LogP contribution in [0.25, 0.3) is 10.9 Å². The lowest BCUT2D eigenvalue weighted by molar-refractivity contribution is -0.114. The third-order valence-corrected chi connectivity index (χ3v) is 3.67. The molecule has 2 aromatic heterocycles. The Labute approximate surface area is 119 Å². The van der Waals surface area contributed by atoms with E-state index in [0.29, 0.717) is 5.75 Å². The van der Waals surface area contributed by atoms with Crippen molar-refractivity contribution in [1.82, 2.24) is 19.9 Å². The summed E-state index contributed by atoms with van der Waals surface area (Å²) in [6.45, 7) is 0. The second kappa shape index (κ2) is 5.70. The molecule has 0 radical (unpaired) electrons. The van der Waals surface area contributed by atoms with E-state index in [4.69, 9.17) is 0 Å². The van der Waals surface area contributed by atoms with E-state index in [-0.39, 0.29) is 5.91 Å². The fourth-order valence-electron chi connectivity index (χ4n) is 1.77. The summed E-state index contributed by atoms with van der Waals surface area (Å²) >= 11 is 1.45. The van der Waals surface area contributed by atoms with Gasteiger partial charge in [-0.3, -0.25) is 15.2 Å². The lowest BCUT2D eigenvalue weighted by Gasteiger charge is -2.06. The molecule has 0 spiro atoms. The zero-order valence-electron chi connectivity index (χ0n) is 10.4. The van der Waals surface area contributed by atoms with Crippen molar-refractivity contribution in [1.29, 1.82) is 0 Å². The molecular formula is C13H11N5OS. The number of nitrogens with one attached hydrogen (secondary N) is 1. The van der Waals surface area contributed by atoms with E-state index >= 15 is 0 Å². The number of hydrogen-bond donors (Lipinski definition) is 1. The maximum atomic E-state index is 11.8. The molecule has 100 valence electrons. The quantitative estimate of drug-likeness (QED) is 0.738. The molecule has 0 aliphatic heterocycles. The van der Waals surface area contributed by atoms with Gasteiger partial charge in [-0.25, -0.2) is 4.68 Å². The Hall–Kier alpha value is -2.41. The summed E-state index contributed by atoms with van der Waals surface area (Å²) in [7, 11) is 0. The summed E-state index contributed by atoms with van der Waals surface area (Å²) in [5, 5.41) is 8.30. The van der Waals surface area contributed by atoms with Gasteiger partial charge in [-0.05, 0) is 12.1 Å². The summed E-state index contributed by atoms with van der Waals surface area (Å²) < 4.78 is 1.42. The molecule has 0 unspecified atom stereocenters. The van der Waals surface area contributed by atoms with Gasteiger partial charge >= 0.3 is 0 Å². The Balaban J connectivity index is 1.69. The number of hydrogen-bond acceptors (Lipinski definition) is 5. The van der Waals surface area contributed by atoms with Gasteiger partial charge in [-0.2, -0.15) is 0 Å². The van der Waals surface area contributed by atoms with Gasteiger partial charge in [0, 0.05) is 16.5 Å². The number of benzene rings is 1. The number of carbonyl (C=O) groups excluding carboxylic acids is 1. The molecule has 0 saturated heterocycles. The number of aromatic nitrogens is 4. The van der Waals surface area contributed by atoms with Crippen molar-refractivity contribution in [2.75, 3.05) is 11.2 Å². The van der Waals surface area contributed by atoms with Crippen molar-refractivity contribution in [3.63, 3.8) is 0 Å². The zero-order valence-corrected chi connectivity index (χ0v) is 11.2. The smallest absolute Gasteiger partial charge is 0.249 e. The van der Waals surface area contributed by atoms with Crippen molar-refractivity contribution in [2.45, 2.75) is 4.90 Å². The molecule has 1 amide bonds. The average molecular weight is 285 g/mol. The molecule has 3 aromatic rings. The number of carbonyl (C=O) groups is 1. The van der Waals surface area contributed by atoms with Gasteiger partial charge in [0.15, 0.2) is 0 Å². The fourth-order valence-corrected chi connectivity index (χ4v) is 2.60. The first-order valence-corrected chi connectivity index (χ1v) is 6.92. The van der Waals surface area contributed by atoms with Gasteiger partial charge in [0.1, 0.15) is 12.7 Å². The largest absolute Gasteiger partial charge is 0.272 e. The standard InChI is InChI=1S/C13H11N5OS/c19-12(17-18-8-15-16-9-18)7-20-11-5-1-3-10-4-2-6-14-13(10)11/h1-6,8-9H,7H2,(H,17,19). The van der Waals surface area contributed by atoms with E-state index in [1.54, 1.807) is 6.20 Å². The Bertz CT molecular complexity index is 723. The van der Waals surface area contributed by atoms with Gasteiger partial charge in [-0.1, -0.05) is 18.2 Å². The van der Waals surface area contributed by atoms with Crippen molar-refractivity contribution < 1.29 is 4.79 Å². The molecule has 0 aliphatic carbocycles. The normalized spacial score (nSPS) is 10.6. The number of amides is 1. The van der Waals surface area contributed by atoms with E-state index in [1.165, 1.54) is 29.1 Å². The number of rotatable bonds is 4. The minimum Gasteiger partial charge on any atom is -0.272 e. The van der Waals surface area contributed by atoms with E-state index < -0.39 is 0 Å². The SMILES string of the molecule is O=C(CSc1cccc2cccnc12)Nn1cnnc1. The second-order valence-corrected chi connectivity index (χ2v) is 5.04. The van der Waals surface area contributed by atoms with Crippen LogP contribution in [0.1, 0.15) is 0 Å². The summed E-state index contributed by atoms with van der Waals surface area (Å²) in [6.07, 6.45) is 4.62. The van der Waals surface area contributed by atoms with Crippen LogP contribution in [0.2, 0.25) is 0 Å². The van der Waals surface area contributed by atoms with E-state index in [2.05, 4.69) is 20.6 Å². The van der Waals surface area contributed by atoms with Crippen molar-refractivity contribution in [2.24, 2.45) is 0 Å². The van der Waals surface area contributed by atoms with Gasteiger partial charge < -0.3 is 0 Å². The molecule has 0 atom stereocenters. The highest BCUT2D eigenvalue weighted by molar-refractivity contribution is 8.00. The number of nitrogens with zero attached hydrogens (tertiary/aromatic N) is 4. The van der Waals surface area contributed by atoms with Gasteiger partial charge in [-0.15, -0.1) is 22.0 Å². The molecule has 7 heteroatoms. The van der Waals surface area contributed by atoms with Crippen LogP contribution >= 0.6 is 11.8 Å². The van der Waals surface area contributed by atoms with Crippen LogP contribution in [0, 0.1) is 0 Å². The molecule has 2 heterocycles. The molecular weight excluding hydrogens is 274 g/mol. The third kappa shape index (κ3) is 2.77. The Morgan fingerprint density at radius 3 is 2.85 bits per heavy atom. The molecule has 20 heavy (non-hydrogen) atoms. The van der Waals surface area contributed by atoms with Crippen molar-refractivity contribution in [3.05, 3.63) is 49.2 Å². The van der Waals surface area contributed by atoms with E-state index in [9.17, 15) is 4.79 Å². The van der Waals surface area contributed by atoms with Crippen LogP contribution in [0.3, 0.4) is 0 Å². The third-order valence-electron chi connectivity index (χ3n) is 2.63. The van der Waals surface area contributed by atoms with Crippen LogP contribution in [0.5, 0.6) is 0 Å². The van der Waals surface area contributed by atoms with Crippen LogP contribution in [0.4, 0.5) is 0 Å². The summed E-state index contributed by atoms with van der Waals surface area (Å²) in [6, 6.07) is 9.83. The molecule has 1 N–H and O–H groups in total. The Morgan fingerprint density at radius 2 is 2.00 bits per heavy atom. The second-order valence-electron chi connectivity index (χ2n) is 4.02. The van der Waals surface area contributed by atoms with Gasteiger partial charge in [0.05, 0.1) is 11.3 Å². The first-order valence-electron chi connectivity index (χ1n) is 5.94. The zero-order chi connectivity index (χ0) is 13.8. The summed E-state index contributed by atoms with van der Waals surface area (Å²) in [4.78, 5) is 17.1. The highest BCUT2D eigenvalue weighted by Gasteiger charge is 2.06. The molecule has 6 nitrogen and oxygen atoms in total. The van der Waals surface area contributed by atoms with Crippen LogP contribution in [-0.2, 0) is 4.79 Å². The molecule has 0 fully saturated rings. The van der Waals surface area contributed by atoms with Crippen LogP contribution in [0.15, 0.2) is 54.1 Å². The predicted octanol–water partition coefficient (Wildman–Crippen LogP) is 1.69. The van der Waals surface area contributed by atoms with Crippen LogP contribution in [-0.4, -0.2) is 31.5 Å². The summed E-state index contributed by atoms with van der Waals surface area (Å²) in [5.41, 5.74) is 3.57. The molecule has 0 bridgehead atoms. The Morgan fingerprint density at radius 1 is 1.20 bits per heavy atom. The molecule has 3 rings (SSSR count). The van der Waals surface area contributed by atoms with Crippen LogP contribution < -0.4 is 5.43 Å². The minimum atomic E-state index is -0.122. The highest BCUT2D eigenvalue weighted by atomic mass is 32.2. The van der Waals surface area contributed by atoms with Gasteiger partial charge in [0.2, 0.25) is 5.91 Å². The number of pyridine rings is 1. The first-order chi connectivity index (χ1) is 9.83. The topological polar surface area (TPSA) is 72.7 Å². The predicted molar refractivity (Wildman–Crippen MR) is 76.9 cm³/mol. The lowest BCUT2D eigenvalue weighted by Crippen LogP contribution is -2.23.